The summed E-state index contributed by atoms with van der Waals surface area (Å²) in [4.78, 5) is 37.7. The van der Waals surface area contributed by atoms with Gasteiger partial charge in [-0.3, -0.25) is 9.78 Å². The molecule has 0 radical (unpaired) electrons. The first-order valence-corrected chi connectivity index (χ1v) is 11.6. The highest BCUT2D eigenvalue weighted by atomic mass is 35.5. The molecule has 176 valence electrons. The van der Waals surface area contributed by atoms with Gasteiger partial charge in [-0.05, 0) is 38.5 Å². The molecule has 2 aliphatic heterocycles. The first-order valence-electron chi connectivity index (χ1n) is 10.9. The molecule has 2 atom stereocenters. The zero-order chi connectivity index (χ0) is 23.8. The number of likely N-dealkylation sites (tertiary alicyclic amines) is 1. The Morgan fingerprint density at radius 1 is 1.09 bits per heavy atom. The van der Waals surface area contributed by atoms with Gasteiger partial charge >= 0.3 is 6.09 Å². The molecular formula is C23H27Cl2N5O3. The lowest BCUT2D eigenvalue weighted by atomic mass is 10.0. The third kappa shape index (κ3) is 5.68. The highest BCUT2D eigenvalue weighted by Crippen LogP contribution is 2.34. The van der Waals surface area contributed by atoms with Crippen LogP contribution in [-0.4, -0.2) is 58.6 Å². The fourth-order valence-electron chi connectivity index (χ4n) is 4.20. The van der Waals surface area contributed by atoms with Gasteiger partial charge in [0.15, 0.2) is 0 Å². The van der Waals surface area contributed by atoms with Gasteiger partial charge in [-0.25, -0.2) is 9.78 Å². The summed E-state index contributed by atoms with van der Waals surface area (Å²) in [5, 5.41) is 3.74. The van der Waals surface area contributed by atoms with Crippen molar-refractivity contribution in [1.29, 1.82) is 0 Å². The second-order valence-corrected chi connectivity index (χ2v) is 10.3. The second kappa shape index (κ2) is 9.35. The van der Waals surface area contributed by atoms with Gasteiger partial charge in [-0.1, -0.05) is 29.3 Å². The number of fused-ring (bicyclic) bond motifs is 1. The van der Waals surface area contributed by atoms with Crippen molar-refractivity contribution in [2.24, 2.45) is 11.8 Å². The summed E-state index contributed by atoms with van der Waals surface area (Å²) >= 11 is 12.0. The fraction of sp³-hybridized carbons (Fsp3) is 0.478. The Morgan fingerprint density at radius 2 is 1.79 bits per heavy atom. The molecule has 0 saturated carbocycles. The van der Waals surface area contributed by atoms with Crippen molar-refractivity contribution in [2.45, 2.75) is 32.9 Å². The van der Waals surface area contributed by atoms with Crippen molar-refractivity contribution < 1.29 is 14.3 Å². The first kappa shape index (κ1) is 23.6. The maximum absolute atomic E-state index is 12.6. The quantitative estimate of drug-likeness (QED) is 0.694. The van der Waals surface area contributed by atoms with Gasteiger partial charge in [0, 0.05) is 44.6 Å². The number of nitrogens with one attached hydrogen (secondary N) is 1. The minimum atomic E-state index is -0.503. The zero-order valence-corrected chi connectivity index (χ0v) is 20.4. The van der Waals surface area contributed by atoms with Crippen LogP contribution in [-0.2, 0) is 11.3 Å². The normalized spacial score (nSPS) is 20.0. The van der Waals surface area contributed by atoms with Gasteiger partial charge in [0.1, 0.15) is 17.1 Å². The molecule has 1 aromatic heterocycles. The molecule has 2 aromatic rings. The molecule has 2 fully saturated rings. The molecular weight excluding hydrogens is 465 g/mol. The number of rotatable bonds is 4. The molecule has 8 nitrogen and oxygen atoms in total. The van der Waals surface area contributed by atoms with Crippen LogP contribution in [0.5, 0.6) is 0 Å². The Hall–Kier alpha value is -2.58. The van der Waals surface area contributed by atoms with Gasteiger partial charge in [-0.15, -0.1) is 0 Å². The third-order valence-electron chi connectivity index (χ3n) is 5.75. The van der Waals surface area contributed by atoms with E-state index in [-0.39, 0.29) is 17.7 Å². The Morgan fingerprint density at radius 3 is 2.42 bits per heavy atom. The molecule has 0 unspecified atom stereocenters. The van der Waals surface area contributed by atoms with Crippen molar-refractivity contribution in [3.63, 3.8) is 0 Å². The van der Waals surface area contributed by atoms with Crippen LogP contribution in [0.4, 0.5) is 10.6 Å². The Balaban J connectivity index is 1.34. The molecule has 4 rings (SSSR count). The van der Waals surface area contributed by atoms with E-state index in [1.54, 1.807) is 29.3 Å². The number of carbonyl (C=O) groups excluding carboxylic acids is 2. The van der Waals surface area contributed by atoms with E-state index in [1.165, 1.54) is 6.20 Å². The molecule has 2 saturated heterocycles. The molecule has 33 heavy (non-hydrogen) atoms. The summed E-state index contributed by atoms with van der Waals surface area (Å²) in [6.07, 6.45) is 2.86. The molecule has 2 aliphatic rings. The van der Waals surface area contributed by atoms with E-state index in [0.29, 0.717) is 47.3 Å². The van der Waals surface area contributed by atoms with Crippen LogP contribution in [0.2, 0.25) is 10.0 Å². The Bertz CT molecular complexity index is 1040. The fourth-order valence-corrected chi connectivity index (χ4v) is 4.52. The Labute approximate surface area is 203 Å². The van der Waals surface area contributed by atoms with Gasteiger partial charge < -0.3 is 19.9 Å². The zero-order valence-electron chi connectivity index (χ0n) is 18.8. The van der Waals surface area contributed by atoms with E-state index < -0.39 is 5.60 Å². The van der Waals surface area contributed by atoms with Crippen molar-refractivity contribution in [3.8, 4) is 0 Å². The molecule has 1 N–H and O–H groups in total. The number of amides is 2. The lowest BCUT2D eigenvalue weighted by Crippen LogP contribution is -2.37. The van der Waals surface area contributed by atoms with E-state index in [4.69, 9.17) is 27.9 Å². The highest BCUT2D eigenvalue weighted by molar-refractivity contribution is 6.42. The summed E-state index contributed by atoms with van der Waals surface area (Å²) in [5.41, 5.74) is 0.584. The third-order valence-corrected chi connectivity index (χ3v) is 6.49. The summed E-state index contributed by atoms with van der Waals surface area (Å²) in [5.74, 6) is 1.03. The average molecular weight is 492 g/mol. The summed E-state index contributed by atoms with van der Waals surface area (Å²) in [6, 6.07) is 5.22. The van der Waals surface area contributed by atoms with E-state index in [1.807, 2.05) is 20.8 Å². The maximum Gasteiger partial charge on any atom is 0.410 e. The van der Waals surface area contributed by atoms with Crippen molar-refractivity contribution in [1.82, 2.24) is 20.2 Å². The molecule has 2 amide bonds. The smallest absolute Gasteiger partial charge is 0.410 e. The van der Waals surface area contributed by atoms with E-state index in [0.717, 1.165) is 18.7 Å². The Kier molecular flexibility index (Phi) is 6.68. The van der Waals surface area contributed by atoms with Crippen LogP contribution >= 0.6 is 23.2 Å². The number of anilines is 1. The van der Waals surface area contributed by atoms with E-state index >= 15 is 0 Å². The number of hydrogen-bond donors (Lipinski definition) is 1. The molecule has 0 aliphatic carbocycles. The van der Waals surface area contributed by atoms with Gasteiger partial charge in [0.2, 0.25) is 0 Å². The minimum Gasteiger partial charge on any atom is -0.444 e. The summed E-state index contributed by atoms with van der Waals surface area (Å²) < 4.78 is 5.50. The minimum absolute atomic E-state index is 0.250. The number of nitrogens with zero attached hydrogens (tertiary/aromatic N) is 4. The molecule has 1 aromatic carbocycles. The number of halogens is 2. The van der Waals surface area contributed by atoms with Crippen LogP contribution in [0.3, 0.4) is 0 Å². The SMILES string of the molecule is CC(C)(C)OC(=O)N1C[C@@H]2CN(c3cncc(C(=O)NCc4ccc(Cl)c(Cl)c4)n3)C[C@@H]2C1. The summed E-state index contributed by atoms with van der Waals surface area (Å²) in [7, 11) is 0. The molecule has 0 bridgehead atoms. The maximum atomic E-state index is 12.6. The molecule has 10 heteroatoms. The molecule has 0 spiro atoms. The second-order valence-electron chi connectivity index (χ2n) is 9.50. The lowest BCUT2D eigenvalue weighted by Gasteiger charge is -2.26. The largest absolute Gasteiger partial charge is 0.444 e. The number of hydrogen-bond acceptors (Lipinski definition) is 6. The van der Waals surface area contributed by atoms with Crippen LogP contribution in [0, 0.1) is 11.8 Å². The van der Waals surface area contributed by atoms with Gasteiger partial charge in [0.05, 0.1) is 22.4 Å². The van der Waals surface area contributed by atoms with E-state index in [9.17, 15) is 9.59 Å². The van der Waals surface area contributed by atoms with E-state index in [2.05, 4.69) is 20.2 Å². The standard InChI is InChI=1S/C23H27Cl2N5O3/c1-23(2,3)33-22(32)30-12-15-10-29(11-16(15)13-30)20-9-26-8-19(28-20)21(31)27-7-14-4-5-17(24)18(25)6-14/h4-6,8-9,15-16H,7,10-13H2,1-3H3,(H,27,31)/t15-,16+. The van der Waals surface area contributed by atoms with Crippen LogP contribution in [0.1, 0.15) is 36.8 Å². The van der Waals surface area contributed by atoms with Crippen LogP contribution in [0.15, 0.2) is 30.6 Å². The number of ether oxygens (including phenoxy) is 1. The predicted octanol–water partition coefficient (Wildman–Crippen LogP) is 4.02. The number of carbonyl (C=O) groups is 2. The summed E-state index contributed by atoms with van der Waals surface area (Å²) in [6.45, 7) is 8.75. The van der Waals surface area contributed by atoms with Crippen molar-refractivity contribution in [3.05, 3.63) is 51.9 Å². The average Bonchev–Trinajstić information content (AvgIpc) is 3.33. The van der Waals surface area contributed by atoms with Crippen molar-refractivity contribution >= 4 is 41.0 Å². The first-order chi connectivity index (χ1) is 15.6. The van der Waals surface area contributed by atoms with Crippen LogP contribution < -0.4 is 10.2 Å². The topological polar surface area (TPSA) is 87.7 Å². The van der Waals surface area contributed by atoms with Gasteiger partial charge in [0.25, 0.3) is 5.91 Å². The number of benzene rings is 1. The monoisotopic (exact) mass is 491 g/mol. The predicted molar refractivity (Wildman–Crippen MR) is 127 cm³/mol. The number of aromatic nitrogens is 2. The van der Waals surface area contributed by atoms with Crippen LogP contribution in [0.25, 0.3) is 0 Å². The molecule has 3 heterocycles. The highest BCUT2D eigenvalue weighted by Gasteiger charge is 2.43. The van der Waals surface area contributed by atoms with Crippen molar-refractivity contribution in [2.75, 3.05) is 31.1 Å². The lowest BCUT2D eigenvalue weighted by molar-refractivity contribution is 0.0282. The van der Waals surface area contributed by atoms with Gasteiger partial charge in [-0.2, -0.15) is 0 Å².